The molecule has 0 saturated carbocycles. The van der Waals surface area contributed by atoms with E-state index in [1.807, 2.05) is 0 Å². The minimum absolute atomic E-state index is 0.117. The molecule has 27 heavy (non-hydrogen) atoms. The second-order valence-electron chi connectivity index (χ2n) is 5.90. The number of benzene rings is 2. The molecule has 2 aliphatic heterocycles. The first-order valence-electron chi connectivity index (χ1n) is 8.45. The van der Waals surface area contributed by atoms with E-state index in [9.17, 15) is 9.59 Å². The van der Waals surface area contributed by atoms with Gasteiger partial charge in [-0.2, -0.15) is 0 Å². The fourth-order valence-electron chi connectivity index (χ4n) is 2.68. The number of hydrogen-bond donors (Lipinski definition) is 1. The smallest absolute Gasteiger partial charge is 0.338 e. The van der Waals surface area contributed by atoms with Crippen molar-refractivity contribution in [3.8, 4) is 23.0 Å². The average molecular weight is 371 g/mol. The molecule has 8 heteroatoms. The number of ether oxygens (including phenoxy) is 5. The predicted octanol–water partition coefficient (Wildman–Crippen LogP) is 2.37. The lowest BCUT2D eigenvalue weighted by Gasteiger charge is -2.10. The summed E-state index contributed by atoms with van der Waals surface area (Å²) in [5.74, 6) is 1.17. The van der Waals surface area contributed by atoms with Crippen molar-refractivity contribution < 1.29 is 33.3 Å². The standard InChI is InChI=1S/C19H17NO7/c21-18(20-13-3-5-14-17(9-13)24-7-1-6-23-14)10-25-19(22)12-2-4-15-16(8-12)27-11-26-15/h2-5,8-9H,1,6-7,10-11H2,(H,20,21). The van der Waals surface area contributed by atoms with E-state index in [2.05, 4.69) is 5.32 Å². The number of rotatable bonds is 4. The largest absolute Gasteiger partial charge is 0.490 e. The maximum Gasteiger partial charge on any atom is 0.338 e. The molecule has 0 radical (unpaired) electrons. The van der Waals surface area contributed by atoms with Crippen LogP contribution in [0.1, 0.15) is 16.8 Å². The number of carbonyl (C=O) groups is 2. The Morgan fingerprint density at radius 3 is 2.48 bits per heavy atom. The minimum atomic E-state index is -0.623. The second kappa shape index (κ2) is 7.45. The summed E-state index contributed by atoms with van der Waals surface area (Å²) in [5.41, 5.74) is 0.811. The highest BCUT2D eigenvalue weighted by molar-refractivity contribution is 5.96. The first-order chi connectivity index (χ1) is 13.2. The third-order valence-corrected chi connectivity index (χ3v) is 3.97. The maximum absolute atomic E-state index is 12.1. The van der Waals surface area contributed by atoms with Crippen molar-refractivity contribution >= 4 is 17.6 Å². The summed E-state index contributed by atoms with van der Waals surface area (Å²) in [5, 5.41) is 2.66. The van der Waals surface area contributed by atoms with Crippen molar-refractivity contribution in [1.29, 1.82) is 0 Å². The van der Waals surface area contributed by atoms with Crippen LogP contribution >= 0.6 is 0 Å². The van der Waals surface area contributed by atoms with E-state index in [1.165, 1.54) is 6.07 Å². The zero-order valence-corrected chi connectivity index (χ0v) is 14.4. The SMILES string of the molecule is O=C(COC(=O)c1ccc2c(c1)OCO2)Nc1ccc2c(c1)OCCCO2. The lowest BCUT2D eigenvalue weighted by molar-refractivity contribution is -0.119. The number of nitrogens with one attached hydrogen (secondary N) is 1. The van der Waals surface area contributed by atoms with Gasteiger partial charge in [0.25, 0.3) is 5.91 Å². The summed E-state index contributed by atoms with van der Waals surface area (Å²) < 4.78 is 26.6. The maximum atomic E-state index is 12.1. The molecule has 0 aliphatic carbocycles. The van der Waals surface area contributed by atoms with Gasteiger partial charge in [0.1, 0.15) is 0 Å². The normalized spacial score (nSPS) is 14.2. The van der Waals surface area contributed by atoms with Gasteiger partial charge in [0, 0.05) is 18.2 Å². The summed E-state index contributed by atoms with van der Waals surface area (Å²) >= 11 is 0. The Bertz CT molecular complexity index is 880. The molecule has 0 bridgehead atoms. The molecule has 2 aromatic carbocycles. The van der Waals surface area contributed by atoms with Crippen LogP contribution in [0.4, 0.5) is 5.69 Å². The van der Waals surface area contributed by atoms with E-state index in [0.717, 1.165) is 6.42 Å². The van der Waals surface area contributed by atoms with Crippen LogP contribution in [-0.4, -0.2) is 38.5 Å². The molecule has 2 aromatic rings. The van der Waals surface area contributed by atoms with Crippen LogP contribution < -0.4 is 24.3 Å². The molecule has 0 saturated heterocycles. The van der Waals surface area contributed by atoms with Gasteiger partial charge in [0.2, 0.25) is 6.79 Å². The molecule has 8 nitrogen and oxygen atoms in total. The topological polar surface area (TPSA) is 92.3 Å². The van der Waals surface area contributed by atoms with E-state index >= 15 is 0 Å². The van der Waals surface area contributed by atoms with Crippen molar-refractivity contribution in [3.63, 3.8) is 0 Å². The van der Waals surface area contributed by atoms with E-state index in [1.54, 1.807) is 30.3 Å². The number of carbonyl (C=O) groups excluding carboxylic acids is 2. The van der Waals surface area contributed by atoms with Crippen molar-refractivity contribution in [2.24, 2.45) is 0 Å². The number of fused-ring (bicyclic) bond motifs is 2. The van der Waals surface area contributed by atoms with Crippen LogP contribution in [-0.2, 0) is 9.53 Å². The first kappa shape index (κ1) is 17.0. The fraction of sp³-hybridized carbons (Fsp3) is 0.263. The molecule has 2 aliphatic rings. The van der Waals surface area contributed by atoms with Gasteiger partial charge in [-0.15, -0.1) is 0 Å². The van der Waals surface area contributed by atoms with Crippen molar-refractivity contribution in [1.82, 2.24) is 0 Å². The summed E-state index contributed by atoms with van der Waals surface area (Å²) in [6, 6.07) is 9.80. The van der Waals surface area contributed by atoms with Crippen LogP contribution in [0.15, 0.2) is 36.4 Å². The monoisotopic (exact) mass is 371 g/mol. The molecule has 0 atom stereocenters. The van der Waals surface area contributed by atoms with Gasteiger partial charge in [0.05, 0.1) is 18.8 Å². The van der Waals surface area contributed by atoms with E-state index < -0.39 is 18.5 Å². The van der Waals surface area contributed by atoms with Crippen LogP contribution in [0.25, 0.3) is 0 Å². The Hall–Kier alpha value is -3.42. The lowest BCUT2D eigenvalue weighted by Crippen LogP contribution is -2.21. The summed E-state index contributed by atoms with van der Waals surface area (Å²) in [4.78, 5) is 24.2. The van der Waals surface area contributed by atoms with E-state index in [-0.39, 0.29) is 12.4 Å². The minimum Gasteiger partial charge on any atom is -0.490 e. The van der Waals surface area contributed by atoms with Crippen LogP contribution in [0.3, 0.4) is 0 Å². The predicted molar refractivity (Wildman–Crippen MR) is 93.5 cm³/mol. The summed E-state index contributed by atoms with van der Waals surface area (Å²) in [6.45, 7) is 0.847. The summed E-state index contributed by atoms with van der Waals surface area (Å²) in [7, 11) is 0. The van der Waals surface area contributed by atoms with E-state index in [0.29, 0.717) is 41.9 Å². The van der Waals surface area contributed by atoms with Crippen molar-refractivity contribution in [2.75, 3.05) is 31.9 Å². The Balaban J connectivity index is 1.33. The van der Waals surface area contributed by atoms with Crippen LogP contribution in [0, 0.1) is 0 Å². The highest BCUT2D eigenvalue weighted by Gasteiger charge is 2.18. The number of anilines is 1. The third kappa shape index (κ3) is 3.89. The zero-order valence-electron chi connectivity index (χ0n) is 14.4. The van der Waals surface area contributed by atoms with Gasteiger partial charge < -0.3 is 29.0 Å². The van der Waals surface area contributed by atoms with Gasteiger partial charge >= 0.3 is 5.97 Å². The molecule has 0 spiro atoms. The molecule has 1 N–H and O–H groups in total. The molecular formula is C19H17NO7. The van der Waals surface area contributed by atoms with E-state index in [4.69, 9.17) is 23.7 Å². The second-order valence-corrected chi connectivity index (χ2v) is 5.90. The Morgan fingerprint density at radius 1 is 0.889 bits per heavy atom. The molecule has 1 amide bonds. The highest BCUT2D eigenvalue weighted by atomic mass is 16.7. The third-order valence-electron chi connectivity index (χ3n) is 3.97. The summed E-state index contributed by atoms with van der Waals surface area (Å²) in [6.07, 6.45) is 0.798. The Labute approximate surface area is 154 Å². The van der Waals surface area contributed by atoms with Crippen LogP contribution in [0.5, 0.6) is 23.0 Å². The number of hydrogen-bond acceptors (Lipinski definition) is 7. The molecule has 0 aromatic heterocycles. The van der Waals surface area contributed by atoms with Crippen molar-refractivity contribution in [2.45, 2.75) is 6.42 Å². The molecule has 0 unspecified atom stereocenters. The highest BCUT2D eigenvalue weighted by Crippen LogP contribution is 2.33. The van der Waals surface area contributed by atoms with Gasteiger partial charge in [-0.05, 0) is 30.3 Å². The average Bonchev–Trinajstić information content (AvgIpc) is 3.02. The van der Waals surface area contributed by atoms with Gasteiger partial charge in [-0.25, -0.2) is 4.79 Å². The molecule has 2 heterocycles. The first-order valence-corrected chi connectivity index (χ1v) is 8.45. The number of esters is 1. The zero-order chi connectivity index (χ0) is 18.6. The molecule has 0 fully saturated rings. The van der Waals surface area contributed by atoms with Gasteiger partial charge in [-0.3, -0.25) is 4.79 Å². The Morgan fingerprint density at radius 2 is 1.59 bits per heavy atom. The van der Waals surface area contributed by atoms with Crippen molar-refractivity contribution in [3.05, 3.63) is 42.0 Å². The molecule has 140 valence electrons. The van der Waals surface area contributed by atoms with Gasteiger partial charge in [-0.1, -0.05) is 0 Å². The Kier molecular flexibility index (Phi) is 4.69. The fourth-order valence-corrected chi connectivity index (χ4v) is 2.68. The quantitative estimate of drug-likeness (QED) is 0.825. The lowest BCUT2D eigenvalue weighted by atomic mass is 10.2. The number of amides is 1. The molecule has 4 rings (SSSR count). The van der Waals surface area contributed by atoms with Gasteiger partial charge in [0.15, 0.2) is 29.6 Å². The van der Waals surface area contributed by atoms with Crippen LogP contribution in [0.2, 0.25) is 0 Å². The molecular weight excluding hydrogens is 354 g/mol.